The number of nitrogens with one attached hydrogen (secondary N) is 2. The van der Waals surface area contributed by atoms with E-state index in [0.717, 1.165) is 23.4 Å². The van der Waals surface area contributed by atoms with Gasteiger partial charge in [0.15, 0.2) is 0 Å². The van der Waals surface area contributed by atoms with Crippen LogP contribution in [0, 0.1) is 0 Å². The SMILES string of the molecule is COC(=O)Nc1ccc(-c2cnc([C@@H]3CCc4cc(-c5cc(C(F)(F)F)ccc5-n5cnnn5)cc(=O)n43)[nH]2)cc1. The molecule has 2 aromatic carbocycles. The van der Waals surface area contributed by atoms with Gasteiger partial charge in [-0.3, -0.25) is 10.1 Å². The highest BCUT2D eigenvalue weighted by atomic mass is 19.4. The number of carbonyl (C=O) groups excluding carboxylic acids is 1. The molecule has 0 bridgehead atoms. The second kappa shape index (κ2) is 10.0. The number of anilines is 1. The van der Waals surface area contributed by atoms with E-state index < -0.39 is 17.8 Å². The number of nitrogens with zero attached hydrogens (tertiary/aromatic N) is 6. The van der Waals surface area contributed by atoms with Gasteiger partial charge in [0.25, 0.3) is 5.56 Å². The summed E-state index contributed by atoms with van der Waals surface area (Å²) in [7, 11) is 1.28. The second-order valence-electron chi connectivity index (χ2n) is 9.36. The number of aromatic nitrogens is 7. The molecule has 41 heavy (non-hydrogen) atoms. The molecule has 0 fully saturated rings. The van der Waals surface area contributed by atoms with Gasteiger partial charge >= 0.3 is 12.3 Å². The Labute approximate surface area is 229 Å². The number of amides is 1. The highest BCUT2D eigenvalue weighted by Gasteiger charge is 2.32. The minimum absolute atomic E-state index is 0.182. The van der Waals surface area contributed by atoms with Crippen molar-refractivity contribution in [1.82, 2.24) is 34.7 Å². The molecule has 1 amide bonds. The fourth-order valence-corrected chi connectivity index (χ4v) is 4.98. The molecule has 6 rings (SSSR count). The van der Waals surface area contributed by atoms with Crippen molar-refractivity contribution in [3.63, 3.8) is 0 Å². The number of carbonyl (C=O) groups is 1. The van der Waals surface area contributed by atoms with Gasteiger partial charge in [-0.15, -0.1) is 5.10 Å². The monoisotopic (exact) mass is 562 g/mol. The number of tetrazole rings is 1. The third kappa shape index (κ3) is 4.95. The molecular formula is C27H21F3N8O3. The number of rotatable bonds is 5. The van der Waals surface area contributed by atoms with E-state index in [1.54, 1.807) is 41.1 Å². The van der Waals surface area contributed by atoms with Crippen molar-refractivity contribution in [2.45, 2.75) is 25.1 Å². The van der Waals surface area contributed by atoms with Gasteiger partial charge in [0.2, 0.25) is 0 Å². The lowest BCUT2D eigenvalue weighted by Crippen LogP contribution is -2.24. The molecule has 2 N–H and O–H groups in total. The number of methoxy groups -OCH3 is 1. The molecule has 0 aliphatic carbocycles. The normalized spacial score (nSPS) is 14.6. The number of hydrogen-bond donors (Lipinski definition) is 2. The fraction of sp³-hybridized carbons (Fsp3) is 0.185. The summed E-state index contributed by atoms with van der Waals surface area (Å²) >= 11 is 0. The van der Waals surface area contributed by atoms with Gasteiger partial charge in [-0.05, 0) is 70.8 Å². The van der Waals surface area contributed by atoms with Crippen LogP contribution in [-0.4, -0.2) is 47.9 Å². The van der Waals surface area contributed by atoms with E-state index in [0.29, 0.717) is 41.3 Å². The maximum Gasteiger partial charge on any atom is 0.416 e. The van der Waals surface area contributed by atoms with Gasteiger partial charge < -0.3 is 14.3 Å². The molecule has 0 saturated heterocycles. The summed E-state index contributed by atoms with van der Waals surface area (Å²) in [5, 5.41) is 13.6. The maximum atomic E-state index is 13.6. The molecule has 5 aromatic rings. The first-order chi connectivity index (χ1) is 19.7. The third-order valence-corrected chi connectivity index (χ3v) is 6.90. The molecule has 0 unspecified atom stereocenters. The molecule has 1 atom stereocenters. The zero-order valence-electron chi connectivity index (χ0n) is 21.4. The van der Waals surface area contributed by atoms with Crippen LogP contribution in [0.3, 0.4) is 0 Å². The Hall–Kier alpha value is -5.27. The van der Waals surface area contributed by atoms with Crippen LogP contribution in [0.5, 0.6) is 0 Å². The zero-order chi connectivity index (χ0) is 28.7. The Morgan fingerprint density at radius 1 is 1.10 bits per heavy atom. The van der Waals surface area contributed by atoms with Crippen LogP contribution >= 0.6 is 0 Å². The predicted octanol–water partition coefficient (Wildman–Crippen LogP) is 4.61. The van der Waals surface area contributed by atoms with Crippen LogP contribution < -0.4 is 10.9 Å². The van der Waals surface area contributed by atoms with E-state index in [2.05, 4.69) is 35.5 Å². The molecule has 1 aliphatic rings. The number of aromatic amines is 1. The molecule has 0 radical (unpaired) electrons. The molecule has 11 nitrogen and oxygen atoms in total. The minimum atomic E-state index is -4.57. The Morgan fingerprint density at radius 2 is 1.90 bits per heavy atom. The second-order valence-corrected chi connectivity index (χ2v) is 9.36. The van der Waals surface area contributed by atoms with Gasteiger partial charge in [0.05, 0.1) is 36.3 Å². The number of halogens is 3. The first kappa shape index (κ1) is 26.0. The Kier molecular flexibility index (Phi) is 6.36. The standard InChI is InChI=1S/C27H21F3N8O3/c1-41-26(40)33-18-5-2-15(3-6-18)21-13-31-25(34-21)23-9-7-19-10-16(11-24(39)38(19)23)20-12-17(27(28,29)30)4-8-22(20)37-14-32-35-36-37/h2-6,8,10-14,23H,7,9H2,1H3,(H,31,34)(H,33,40)/t23-/m0/s1. The van der Waals surface area contributed by atoms with Crippen LogP contribution in [0.1, 0.15) is 29.5 Å². The van der Waals surface area contributed by atoms with Gasteiger partial charge in [0.1, 0.15) is 12.2 Å². The largest absolute Gasteiger partial charge is 0.453 e. The number of fused-ring (bicyclic) bond motifs is 1. The number of H-pyrrole nitrogens is 1. The average molecular weight is 563 g/mol. The first-order valence-electron chi connectivity index (χ1n) is 12.4. The van der Waals surface area contributed by atoms with E-state index in [-0.39, 0.29) is 17.2 Å². The molecule has 4 heterocycles. The van der Waals surface area contributed by atoms with Crippen molar-refractivity contribution < 1.29 is 22.7 Å². The summed E-state index contributed by atoms with van der Waals surface area (Å²) in [6.45, 7) is 0. The number of imidazole rings is 1. The number of pyridine rings is 1. The molecular weight excluding hydrogens is 541 g/mol. The Bertz CT molecular complexity index is 1790. The van der Waals surface area contributed by atoms with Gasteiger partial charge in [-0.1, -0.05) is 12.1 Å². The quantitative estimate of drug-likeness (QED) is 0.320. The molecule has 3 aromatic heterocycles. The van der Waals surface area contributed by atoms with Crippen molar-refractivity contribution >= 4 is 11.8 Å². The lowest BCUT2D eigenvalue weighted by molar-refractivity contribution is -0.137. The van der Waals surface area contributed by atoms with E-state index in [1.165, 1.54) is 30.3 Å². The number of aryl methyl sites for hydroxylation is 1. The van der Waals surface area contributed by atoms with Crippen LogP contribution in [0.2, 0.25) is 0 Å². The molecule has 14 heteroatoms. The van der Waals surface area contributed by atoms with E-state index in [1.807, 2.05) is 0 Å². The summed E-state index contributed by atoms with van der Waals surface area (Å²) < 4.78 is 48.1. The third-order valence-electron chi connectivity index (χ3n) is 6.90. The summed E-state index contributed by atoms with van der Waals surface area (Å²) in [6.07, 6.45) is -1.10. The van der Waals surface area contributed by atoms with Crippen molar-refractivity contribution in [1.29, 1.82) is 0 Å². The van der Waals surface area contributed by atoms with Crippen LogP contribution in [-0.2, 0) is 17.3 Å². The number of alkyl halides is 3. The van der Waals surface area contributed by atoms with Crippen LogP contribution in [0.4, 0.5) is 23.7 Å². The van der Waals surface area contributed by atoms with Gasteiger partial charge in [-0.25, -0.2) is 9.78 Å². The Balaban J connectivity index is 1.33. The molecule has 1 aliphatic heterocycles. The van der Waals surface area contributed by atoms with Crippen molar-refractivity contribution in [2.75, 3.05) is 12.4 Å². The Morgan fingerprint density at radius 3 is 2.61 bits per heavy atom. The van der Waals surface area contributed by atoms with Crippen molar-refractivity contribution in [3.8, 4) is 28.1 Å². The topological polar surface area (TPSA) is 133 Å². The molecule has 208 valence electrons. The average Bonchev–Trinajstić information content (AvgIpc) is 3.74. The van der Waals surface area contributed by atoms with E-state index in [9.17, 15) is 22.8 Å². The smallest absolute Gasteiger partial charge is 0.416 e. The molecule has 0 spiro atoms. The fourth-order valence-electron chi connectivity index (χ4n) is 4.98. The maximum absolute atomic E-state index is 13.6. The predicted molar refractivity (Wildman–Crippen MR) is 140 cm³/mol. The summed E-state index contributed by atoms with van der Waals surface area (Å²) in [6, 6.07) is 13.0. The van der Waals surface area contributed by atoms with E-state index in [4.69, 9.17) is 0 Å². The van der Waals surface area contributed by atoms with Crippen molar-refractivity contribution in [3.05, 3.63) is 94.6 Å². The van der Waals surface area contributed by atoms with Crippen molar-refractivity contribution in [2.24, 2.45) is 0 Å². The van der Waals surface area contributed by atoms with Gasteiger partial charge in [-0.2, -0.15) is 17.9 Å². The van der Waals surface area contributed by atoms with Crippen LogP contribution in [0.15, 0.2) is 71.9 Å². The lowest BCUT2D eigenvalue weighted by Gasteiger charge is -2.16. The number of benzene rings is 2. The van der Waals surface area contributed by atoms with Gasteiger partial charge in [0, 0.05) is 23.0 Å². The molecule has 0 saturated carbocycles. The zero-order valence-corrected chi connectivity index (χ0v) is 21.4. The summed E-state index contributed by atoms with van der Waals surface area (Å²) in [4.78, 5) is 32.6. The van der Waals surface area contributed by atoms with Crippen LogP contribution in [0.25, 0.3) is 28.1 Å². The lowest BCUT2D eigenvalue weighted by atomic mass is 10.0. The summed E-state index contributed by atoms with van der Waals surface area (Å²) in [5.41, 5.74) is 2.39. The number of ether oxygens (including phenoxy) is 1. The number of hydrogen-bond acceptors (Lipinski definition) is 7. The minimum Gasteiger partial charge on any atom is -0.453 e. The highest BCUT2D eigenvalue weighted by Crippen LogP contribution is 2.37. The summed E-state index contributed by atoms with van der Waals surface area (Å²) in [5.74, 6) is 0.582. The highest BCUT2D eigenvalue weighted by molar-refractivity contribution is 5.84. The first-order valence-corrected chi connectivity index (χ1v) is 12.4. The van der Waals surface area contributed by atoms with E-state index >= 15 is 0 Å².